The number of aromatic nitrogens is 1. The summed E-state index contributed by atoms with van der Waals surface area (Å²) in [5.41, 5.74) is 1.60. The molecule has 0 spiro atoms. The van der Waals surface area contributed by atoms with Crippen LogP contribution in [0.15, 0.2) is 42.6 Å². The molecule has 1 heterocycles. The number of hydrogen-bond acceptors (Lipinski definition) is 3. The van der Waals surface area contributed by atoms with Crippen molar-refractivity contribution in [3.05, 3.63) is 63.9 Å². The van der Waals surface area contributed by atoms with Crippen molar-refractivity contribution in [1.82, 2.24) is 15.6 Å². The average Bonchev–Trinajstić information content (AvgIpc) is 2.53. The van der Waals surface area contributed by atoms with Crippen LogP contribution in [0.4, 0.5) is 4.79 Å². The quantitative estimate of drug-likeness (QED) is 0.733. The Morgan fingerprint density at radius 2 is 1.91 bits per heavy atom. The number of rotatable bonds is 5. The van der Waals surface area contributed by atoms with Gasteiger partial charge in [-0.3, -0.25) is 0 Å². The molecular formula is C15H15Cl2N3O2. The van der Waals surface area contributed by atoms with E-state index in [0.717, 1.165) is 11.1 Å². The SMILES string of the molecule is O=C(NCc1ccc(Cl)nc1)NC(CO)c1ccc(Cl)cc1. The van der Waals surface area contributed by atoms with Crippen LogP contribution in [0.2, 0.25) is 10.2 Å². The number of benzene rings is 1. The highest BCUT2D eigenvalue weighted by molar-refractivity contribution is 6.30. The smallest absolute Gasteiger partial charge is 0.315 e. The summed E-state index contributed by atoms with van der Waals surface area (Å²) < 4.78 is 0. The maximum absolute atomic E-state index is 11.9. The lowest BCUT2D eigenvalue weighted by Crippen LogP contribution is -2.38. The Kier molecular flexibility index (Phi) is 6.00. The number of amides is 2. The van der Waals surface area contributed by atoms with Crippen molar-refractivity contribution in [2.75, 3.05) is 6.61 Å². The summed E-state index contributed by atoms with van der Waals surface area (Å²) in [5.74, 6) is 0. The van der Waals surface area contributed by atoms with Gasteiger partial charge in [0.25, 0.3) is 0 Å². The van der Waals surface area contributed by atoms with Gasteiger partial charge in [-0.1, -0.05) is 41.4 Å². The summed E-state index contributed by atoms with van der Waals surface area (Å²) >= 11 is 11.5. The zero-order valence-corrected chi connectivity index (χ0v) is 13.1. The van der Waals surface area contributed by atoms with Crippen LogP contribution in [0.5, 0.6) is 0 Å². The van der Waals surface area contributed by atoms with E-state index < -0.39 is 6.04 Å². The highest BCUT2D eigenvalue weighted by atomic mass is 35.5. The van der Waals surface area contributed by atoms with Gasteiger partial charge in [0.1, 0.15) is 5.15 Å². The fraction of sp³-hybridized carbons (Fsp3) is 0.200. The molecule has 0 aliphatic heterocycles. The van der Waals surface area contributed by atoms with Crippen molar-refractivity contribution < 1.29 is 9.90 Å². The molecule has 0 saturated carbocycles. The summed E-state index contributed by atoms with van der Waals surface area (Å²) in [7, 11) is 0. The molecule has 22 heavy (non-hydrogen) atoms. The molecule has 0 aliphatic carbocycles. The fourth-order valence-electron chi connectivity index (χ4n) is 1.83. The van der Waals surface area contributed by atoms with Crippen molar-refractivity contribution in [3.63, 3.8) is 0 Å². The van der Waals surface area contributed by atoms with E-state index in [1.54, 1.807) is 42.6 Å². The monoisotopic (exact) mass is 339 g/mol. The van der Waals surface area contributed by atoms with Gasteiger partial charge in [0.2, 0.25) is 0 Å². The number of aliphatic hydroxyl groups is 1. The average molecular weight is 340 g/mol. The Hall–Kier alpha value is -1.82. The number of pyridine rings is 1. The summed E-state index contributed by atoms with van der Waals surface area (Å²) in [6.45, 7) is 0.103. The van der Waals surface area contributed by atoms with E-state index >= 15 is 0 Å². The molecule has 0 radical (unpaired) electrons. The van der Waals surface area contributed by atoms with E-state index in [1.165, 1.54) is 0 Å². The van der Waals surface area contributed by atoms with E-state index in [4.69, 9.17) is 23.2 Å². The maximum Gasteiger partial charge on any atom is 0.315 e. The molecule has 5 nitrogen and oxygen atoms in total. The molecule has 1 unspecified atom stereocenters. The molecule has 0 fully saturated rings. The van der Waals surface area contributed by atoms with Crippen LogP contribution in [0.1, 0.15) is 17.2 Å². The second-order valence-corrected chi connectivity index (χ2v) is 5.43. The van der Waals surface area contributed by atoms with Crippen molar-refractivity contribution in [2.24, 2.45) is 0 Å². The highest BCUT2D eigenvalue weighted by Crippen LogP contribution is 2.16. The van der Waals surface area contributed by atoms with Gasteiger partial charge < -0.3 is 15.7 Å². The van der Waals surface area contributed by atoms with Gasteiger partial charge >= 0.3 is 6.03 Å². The van der Waals surface area contributed by atoms with Crippen LogP contribution in [0, 0.1) is 0 Å². The number of carbonyl (C=O) groups excluding carboxylic acids is 1. The van der Waals surface area contributed by atoms with Crippen LogP contribution >= 0.6 is 23.2 Å². The molecule has 7 heteroatoms. The second kappa shape index (κ2) is 7.98. The molecule has 0 bridgehead atoms. The first-order valence-corrected chi connectivity index (χ1v) is 7.35. The molecule has 2 rings (SSSR count). The van der Waals surface area contributed by atoms with E-state index in [9.17, 15) is 9.90 Å². The minimum Gasteiger partial charge on any atom is -0.394 e. The van der Waals surface area contributed by atoms with Crippen LogP contribution in [-0.4, -0.2) is 22.7 Å². The molecule has 1 atom stereocenters. The largest absolute Gasteiger partial charge is 0.394 e. The minimum atomic E-state index is -0.499. The first-order chi connectivity index (χ1) is 10.6. The Morgan fingerprint density at radius 3 is 2.50 bits per heavy atom. The van der Waals surface area contributed by atoms with Gasteiger partial charge in [0.15, 0.2) is 0 Å². The fourth-order valence-corrected chi connectivity index (χ4v) is 2.07. The standard InChI is InChI=1S/C15H15Cl2N3O2/c16-12-4-2-11(3-5-12)13(9-21)20-15(22)19-8-10-1-6-14(17)18-7-10/h1-7,13,21H,8-9H2,(H2,19,20,22). The number of carbonyl (C=O) groups is 1. The Bertz CT molecular complexity index is 618. The molecule has 2 amide bonds. The normalized spacial score (nSPS) is 11.8. The van der Waals surface area contributed by atoms with E-state index in [2.05, 4.69) is 15.6 Å². The lowest BCUT2D eigenvalue weighted by Gasteiger charge is -2.17. The topological polar surface area (TPSA) is 74.2 Å². The molecule has 0 aliphatic rings. The van der Waals surface area contributed by atoms with Crippen molar-refractivity contribution in [1.29, 1.82) is 0 Å². The minimum absolute atomic E-state index is 0.211. The van der Waals surface area contributed by atoms with Gasteiger partial charge in [-0.2, -0.15) is 0 Å². The molecule has 116 valence electrons. The molecule has 1 aromatic carbocycles. The lowest BCUT2D eigenvalue weighted by atomic mass is 10.1. The molecule has 2 aromatic rings. The Balaban J connectivity index is 1.89. The van der Waals surface area contributed by atoms with Gasteiger partial charge in [-0.25, -0.2) is 9.78 Å². The highest BCUT2D eigenvalue weighted by Gasteiger charge is 2.13. The summed E-state index contributed by atoms with van der Waals surface area (Å²) in [4.78, 5) is 15.8. The van der Waals surface area contributed by atoms with E-state index in [-0.39, 0.29) is 12.6 Å². The number of urea groups is 1. The number of nitrogens with zero attached hydrogens (tertiary/aromatic N) is 1. The third kappa shape index (κ3) is 4.87. The van der Waals surface area contributed by atoms with Crippen molar-refractivity contribution >= 4 is 29.2 Å². The lowest BCUT2D eigenvalue weighted by molar-refractivity contribution is 0.216. The zero-order chi connectivity index (χ0) is 15.9. The van der Waals surface area contributed by atoms with Crippen molar-refractivity contribution in [3.8, 4) is 0 Å². The van der Waals surface area contributed by atoms with Crippen LogP contribution in [0.25, 0.3) is 0 Å². The predicted molar refractivity (Wildman–Crippen MR) is 85.9 cm³/mol. The van der Waals surface area contributed by atoms with Gasteiger partial charge in [-0.05, 0) is 29.3 Å². The number of halogens is 2. The molecule has 0 saturated heterocycles. The zero-order valence-electron chi connectivity index (χ0n) is 11.6. The summed E-state index contributed by atoms with van der Waals surface area (Å²) in [6, 6.07) is 9.47. The number of aliphatic hydroxyl groups excluding tert-OH is 1. The predicted octanol–water partition coefficient (Wildman–Crippen LogP) is 2.92. The maximum atomic E-state index is 11.9. The molecule has 1 aromatic heterocycles. The first-order valence-electron chi connectivity index (χ1n) is 6.59. The third-order valence-corrected chi connectivity index (χ3v) is 3.48. The second-order valence-electron chi connectivity index (χ2n) is 4.60. The van der Waals surface area contributed by atoms with Gasteiger partial charge in [0, 0.05) is 17.8 Å². The van der Waals surface area contributed by atoms with Crippen LogP contribution < -0.4 is 10.6 Å². The van der Waals surface area contributed by atoms with Crippen LogP contribution in [-0.2, 0) is 6.54 Å². The summed E-state index contributed by atoms with van der Waals surface area (Å²) in [5, 5.41) is 15.8. The van der Waals surface area contributed by atoms with Gasteiger partial charge in [0.05, 0.1) is 12.6 Å². The first kappa shape index (κ1) is 16.5. The van der Waals surface area contributed by atoms with Crippen molar-refractivity contribution in [2.45, 2.75) is 12.6 Å². The Morgan fingerprint density at radius 1 is 1.18 bits per heavy atom. The van der Waals surface area contributed by atoms with Crippen LogP contribution in [0.3, 0.4) is 0 Å². The molecular weight excluding hydrogens is 325 g/mol. The third-order valence-electron chi connectivity index (χ3n) is 3.00. The van der Waals surface area contributed by atoms with E-state index in [0.29, 0.717) is 16.7 Å². The van der Waals surface area contributed by atoms with Gasteiger partial charge in [-0.15, -0.1) is 0 Å². The Labute approximate surface area is 138 Å². The number of hydrogen-bond donors (Lipinski definition) is 3. The summed E-state index contributed by atoms with van der Waals surface area (Å²) in [6.07, 6.45) is 1.59. The van der Waals surface area contributed by atoms with E-state index in [1.807, 2.05) is 0 Å². The molecule has 3 N–H and O–H groups in total. The number of nitrogens with one attached hydrogen (secondary N) is 2.